The molecule has 2 aromatic heterocycles. The third kappa shape index (κ3) is 4.43. The van der Waals surface area contributed by atoms with E-state index in [9.17, 15) is 29.6 Å². The molecule has 0 spiro atoms. The largest absolute Gasteiger partial charge is 0.385 e. The number of nitrogens with two attached hydrogens (primary N) is 1. The number of imidazole rings is 1. The van der Waals surface area contributed by atoms with E-state index in [1.807, 2.05) is 0 Å². The molecule has 0 saturated carbocycles. The van der Waals surface area contributed by atoms with Crippen molar-refractivity contribution in [2.45, 2.75) is 88.7 Å². The van der Waals surface area contributed by atoms with E-state index >= 15 is 0 Å². The van der Waals surface area contributed by atoms with E-state index < -0.39 is 42.0 Å². The van der Waals surface area contributed by atoms with Gasteiger partial charge in [0, 0.05) is 13.5 Å². The minimum absolute atomic E-state index is 0.0132. The lowest BCUT2D eigenvalue weighted by molar-refractivity contribution is -0.112. The molecule has 0 aliphatic carbocycles. The highest BCUT2D eigenvalue weighted by Gasteiger charge is 2.55. The molecule has 0 radical (unpaired) electrons. The first-order valence-corrected chi connectivity index (χ1v) is 13.3. The average molecular weight is 518 g/mol. The molecular weight excluding hydrogens is 481 g/mol. The van der Waals surface area contributed by atoms with Crippen molar-refractivity contribution in [1.82, 2.24) is 19.1 Å². The smallest absolute Gasteiger partial charge is 0.359 e. The molecule has 13 nitrogen and oxygen atoms in total. The average Bonchev–Trinajstić information content (AvgIpc) is 3.38. The van der Waals surface area contributed by atoms with Crippen LogP contribution in [-0.2, 0) is 26.6 Å². The maximum absolute atomic E-state index is 13.1. The van der Waals surface area contributed by atoms with Crippen molar-refractivity contribution in [3.05, 3.63) is 16.7 Å². The molecule has 1 fully saturated rings. The lowest BCUT2D eigenvalue weighted by Gasteiger charge is -2.40. The molecule has 3 rings (SSSR count). The molecule has 0 amide bonds. The predicted octanol–water partition coefficient (Wildman–Crippen LogP) is 0.777. The number of nitrogens with zero attached hydrogens (tertiary/aromatic N) is 4. The Labute approximate surface area is 203 Å². The van der Waals surface area contributed by atoms with Crippen LogP contribution < -0.4 is 11.3 Å². The standard InChI is InChI=1S/C21H36N5O8P/c1-6-19(7-2,34-35(31,32)20(29,8-3)9-4)10-13-15(27)21(30,11-33-13)26-12-23-14-16(26)24-18(22)25(5)17(14)28/h12-13,15,27,29-30H,6-11H2,1-5H3,(H2,22,24)(H,31,32)/t13-,15-,21-/m1/s1. The molecule has 35 heavy (non-hydrogen) atoms. The van der Waals surface area contributed by atoms with E-state index in [0.29, 0.717) is 0 Å². The molecule has 0 bridgehead atoms. The van der Waals surface area contributed by atoms with Gasteiger partial charge in [-0.1, -0.05) is 27.7 Å². The van der Waals surface area contributed by atoms with Crippen LogP contribution in [0.3, 0.4) is 0 Å². The summed E-state index contributed by atoms with van der Waals surface area (Å²) in [5.41, 5.74) is 1.98. The molecule has 6 N–H and O–H groups in total. The number of fused-ring (bicyclic) bond motifs is 1. The van der Waals surface area contributed by atoms with Crippen LogP contribution in [0.1, 0.15) is 59.8 Å². The first-order chi connectivity index (χ1) is 16.2. The van der Waals surface area contributed by atoms with Crippen LogP contribution >= 0.6 is 7.60 Å². The lowest BCUT2D eigenvalue weighted by atomic mass is 9.88. The SMILES string of the molecule is CCC(CC)(C[C@H]1OC[C@](O)(n2cnc3c(=O)n(C)c(N)nc32)[C@@H]1O)OP(=O)(O)C(O)(CC)CC. The normalized spacial score (nSPS) is 25.3. The van der Waals surface area contributed by atoms with E-state index in [1.54, 1.807) is 27.7 Å². The highest BCUT2D eigenvalue weighted by molar-refractivity contribution is 7.54. The fourth-order valence-corrected chi connectivity index (χ4v) is 6.31. The minimum atomic E-state index is -4.49. The van der Waals surface area contributed by atoms with Crippen molar-refractivity contribution in [2.75, 3.05) is 12.3 Å². The number of aromatic nitrogens is 4. The first kappa shape index (κ1) is 27.7. The molecule has 198 valence electrons. The Balaban J connectivity index is 1.93. The Hall–Kier alpha value is -1.86. The van der Waals surface area contributed by atoms with Crippen LogP contribution in [-0.4, -0.2) is 69.1 Å². The number of hydrogen-bond acceptors (Lipinski definition) is 10. The molecule has 1 aliphatic rings. The fraction of sp³-hybridized carbons (Fsp3) is 0.762. The molecule has 2 aromatic rings. The fourth-order valence-electron chi connectivity index (χ4n) is 4.48. The molecule has 1 saturated heterocycles. The highest BCUT2D eigenvalue weighted by atomic mass is 31.2. The maximum Gasteiger partial charge on any atom is 0.359 e. The van der Waals surface area contributed by atoms with Crippen LogP contribution in [0.2, 0.25) is 0 Å². The third-order valence-corrected chi connectivity index (χ3v) is 9.72. The van der Waals surface area contributed by atoms with Crippen LogP contribution in [0, 0.1) is 0 Å². The monoisotopic (exact) mass is 517 g/mol. The number of hydrogen-bond donors (Lipinski definition) is 5. The zero-order chi connectivity index (χ0) is 26.4. The molecule has 4 atom stereocenters. The van der Waals surface area contributed by atoms with Gasteiger partial charge in [0.2, 0.25) is 5.95 Å². The minimum Gasteiger partial charge on any atom is -0.385 e. The second-order valence-electron chi connectivity index (χ2n) is 9.19. The van der Waals surface area contributed by atoms with Gasteiger partial charge < -0.3 is 30.7 Å². The van der Waals surface area contributed by atoms with Gasteiger partial charge in [0.05, 0.1) is 24.6 Å². The summed E-state index contributed by atoms with van der Waals surface area (Å²) < 4.78 is 26.9. The number of ether oxygens (including phenoxy) is 1. The Kier molecular flexibility index (Phi) is 7.56. The maximum atomic E-state index is 13.1. The summed E-state index contributed by atoms with van der Waals surface area (Å²) in [5.74, 6) is -0.0970. The Morgan fingerprint density at radius 2 is 1.89 bits per heavy atom. The second-order valence-corrected chi connectivity index (χ2v) is 11.2. The lowest BCUT2D eigenvalue weighted by Crippen LogP contribution is -2.48. The van der Waals surface area contributed by atoms with E-state index in [0.717, 1.165) is 9.13 Å². The molecule has 14 heteroatoms. The summed E-state index contributed by atoms with van der Waals surface area (Å²) in [6.07, 6.45) is -0.781. The van der Waals surface area contributed by atoms with E-state index in [1.165, 1.54) is 13.4 Å². The van der Waals surface area contributed by atoms with Gasteiger partial charge in [-0.3, -0.25) is 23.0 Å². The van der Waals surface area contributed by atoms with Gasteiger partial charge in [-0.05, 0) is 25.7 Å². The van der Waals surface area contributed by atoms with Crippen molar-refractivity contribution in [2.24, 2.45) is 7.05 Å². The first-order valence-electron chi connectivity index (χ1n) is 11.7. The number of aliphatic hydroxyl groups excluding tert-OH is 1. The summed E-state index contributed by atoms with van der Waals surface area (Å²) >= 11 is 0. The van der Waals surface area contributed by atoms with Crippen LogP contribution in [0.5, 0.6) is 0 Å². The Bertz CT molecular complexity index is 1170. The molecule has 1 unspecified atom stereocenters. The van der Waals surface area contributed by atoms with Gasteiger partial charge in [-0.25, -0.2) is 4.98 Å². The van der Waals surface area contributed by atoms with Gasteiger partial charge in [0.15, 0.2) is 22.2 Å². The topological polar surface area (TPSA) is 195 Å². The second kappa shape index (κ2) is 9.55. The quantitative estimate of drug-likeness (QED) is 0.279. The van der Waals surface area contributed by atoms with Gasteiger partial charge in [0.1, 0.15) is 6.10 Å². The third-order valence-electron chi connectivity index (χ3n) is 7.40. The number of aliphatic hydroxyl groups is 3. The van der Waals surface area contributed by atoms with Crippen molar-refractivity contribution in [3.63, 3.8) is 0 Å². The van der Waals surface area contributed by atoms with E-state index in [4.69, 9.17) is 15.0 Å². The van der Waals surface area contributed by atoms with E-state index in [2.05, 4.69) is 9.97 Å². The molecule has 1 aliphatic heterocycles. The van der Waals surface area contributed by atoms with Gasteiger partial charge in [-0.2, -0.15) is 4.98 Å². The van der Waals surface area contributed by atoms with E-state index in [-0.39, 0.29) is 55.8 Å². The Morgan fingerprint density at radius 3 is 2.43 bits per heavy atom. The number of rotatable bonds is 10. The van der Waals surface area contributed by atoms with Crippen LogP contribution in [0.4, 0.5) is 5.95 Å². The molecule has 3 heterocycles. The predicted molar refractivity (Wildman–Crippen MR) is 127 cm³/mol. The number of anilines is 1. The van der Waals surface area contributed by atoms with Gasteiger partial charge in [-0.15, -0.1) is 0 Å². The summed E-state index contributed by atoms with van der Waals surface area (Å²) in [6.45, 7) is 6.36. The molecule has 0 aromatic carbocycles. The molecular formula is C21H36N5O8P. The van der Waals surface area contributed by atoms with Crippen LogP contribution in [0.15, 0.2) is 11.1 Å². The number of nitrogen functional groups attached to an aromatic ring is 1. The Morgan fingerprint density at radius 1 is 1.29 bits per heavy atom. The summed E-state index contributed by atoms with van der Waals surface area (Å²) in [5, 5.41) is 31.3. The summed E-state index contributed by atoms with van der Waals surface area (Å²) in [7, 11) is -3.06. The zero-order valence-corrected chi connectivity index (χ0v) is 21.6. The van der Waals surface area contributed by atoms with Crippen molar-refractivity contribution >= 4 is 24.7 Å². The summed E-state index contributed by atoms with van der Waals surface area (Å²) in [6, 6.07) is 0. The van der Waals surface area contributed by atoms with Crippen molar-refractivity contribution in [3.8, 4) is 0 Å². The van der Waals surface area contributed by atoms with Crippen LogP contribution in [0.25, 0.3) is 11.2 Å². The zero-order valence-electron chi connectivity index (χ0n) is 20.7. The van der Waals surface area contributed by atoms with Crippen molar-refractivity contribution in [1.29, 1.82) is 0 Å². The highest BCUT2D eigenvalue weighted by Crippen LogP contribution is 2.61. The van der Waals surface area contributed by atoms with Gasteiger partial charge >= 0.3 is 7.60 Å². The van der Waals surface area contributed by atoms with Crippen molar-refractivity contribution < 1.29 is 34.0 Å². The summed E-state index contributed by atoms with van der Waals surface area (Å²) in [4.78, 5) is 31.3. The van der Waals surface area contributed by atoms with Gasteiger partial charge in [0.25, 0.3) is 5.56 Å².